The lowest BCUT2D eigenvalue weighted by Crippen LogP contribution is -2.20. The first-order chi connectivity index (χ1) is 7.29. The summed E-state index contributed by atoms with van der Waals surface area (Å²) in [6, 6.07) is 10.4. The fourth-order valence-electron chi connectivity index (χ4n) is 1.36. The maximum Gasteiger partial charge on any atom is -0.00140 e. The molecule has 0 spiro atoms. The van der Waals surface area contributed by atoms with Gasteiger partial charge in [0.15, 0.2) is 0 Å². The predicted octanol–water partition coefficient (Wildman–Crippen LogP) is 3.34. The fourth-order valence-corrected chi connectivity index (χ4v) is 1.36. The lowest BCUT2D eigenvalue weighted by Gasteiger charge is -2.04. The summed E-state index contributed by atoms with van der Waals surface area (Å²) in [5.74, 6) is 0.739. The molecule has 0 bridgehead atoms. The van der Waals surface area contributed by atoms with Gasteiger partial charge in [0.1, 0.15) is 0 Å². The van der Waals surface area contributed by atoms with Gasteiger partial charge in [-0.1, -0.05) is 56.3 Å². The Morgan fingerprint density at radius 3 is 2.60 bits per heavy atom. The lowest BCUT2D eigenvalue weighted by molar-refractivity contribution is 0.557. The second-order valence-corrected chi connectivity index (χ2v) is 4.20. The molecule has 0 aliphatic carbocycles. The third-order valence-electron chi connectivity index (χ3n) is 2.15. The number of rotatable bonds is 6. The molecule has 82 valence electrons. The van der Waals surface area contributed by atoms with Gasteiger partial charge in [-0.25, -0.2) is 0 Å². The molecule has 0 unspecified atom stereocenters. The van der Waals surface area contributed by atoms with E-state index in [0.29, 0.717) is 0 Å². The van der Waals surface area contributed by atoms with Gasteiger partial charge in [-0.2, -0.15) is 0 Å². The largest absolute Gasteiger partial charge is 0.316 e. The van der Waals surface area contributed by atoms with Crippen LogP contribution in [-0.4, -0.2) is 13.1 Å². The van der Waals surface area contributed by atoms with Crippen LogP contribution in [0.2, 0.25) is 0 Å². The summed E-state index contributed by atoms with van der Waals surface area (Å²) in [4.78, 5) is 0. The van der Waals surface area contributed by atoms with Crippen molar-refractivity contribution in [2.24, 2.45) is 5.92 Å². The van der Waals surface area contributed by atoms with E-state index >= 15 is 0 Å². The number of nitrogens with one attached hydrogen (secondary N) is 1. The van der Waals surface area contributed by atoms with Gasteiger partial charge in [0, 0.05) is 0 Å². The van der Waals surface area contributed by atoms with Crippen LogP contribution in [0, 0.1) is 5.92 Å². The van der Waals surface area contributed by atoms with E-state index in [4.69, 9.17) is 0 Å². The number of hydrogen-bond acceptors (Lipinski definition) is 1. The minimum absolute atomic E-state index is 0.739. The van der Waals surface area contributed by atoms with Crippen molar-refractivity contribution in [2.75, 3.05) is 13.1 Å². The molecular weight excluding hydrogens is 182 g/mol. The standard InChI is InChI=1S/C14H21N/c1-13(2)12-15-11-7-6-10-14-8-4-3-5-9-14/h3-6,8-10,13,15H,7,11-12H2,1-2H3. The highest BCUT2D eigenvalue weighted by Crippen LogP contribution is 2.01. The van der Waals surface area contributed by atoms with Gasteiger partial charge in [-0.3, -0.25) is 0 Å². The van der Waals surface area contributed by atoms with E-state index in [2.05, 4.69) is 55.6 Å². The van der Waals surface area contributed by atoms with Crippen molar-refractivity contribution in [3.8, 4) is 0 Å². The van der Waals surface area contributed by atoms with Crippen molar-refractivity contribution in [2.45, 2.75) is 20.3 Å². The average molecular weight is 203 g/mol. The van der Waals surface area contributed by atoms with Crippen LogP contribution in [-0.2, 0) is 0 Å². The molecule has 0 aliphatic heterocycles. The van der Waals surface area contributed by atoms with Crippen LogP contribution in [0.3, 0.4) is 0 Å². The van der Waals surface area contributed by atoms with Crippen LogP contribution in [0.25, 0.3) is 6.08 Å². The maximum absolute atomic E-state index is 3.42. The zero-order chi connectivity index (χ0) is 10.9. The summed E-state index contributed by atoms with van der Waals surface area (Å²) in [5.41, 5.74) is 1.28. The summed E-state index contributed by atoms with van der Waals surface area (Å²) in [7, 11) is 0. The predicted molar refractivity (Wildman–Crippen MR) is 67.8 cm³/mol. The molecule has 1 heteroatoms. The summed E-state index contributed by atoms with van der Waals surface area (Å²) in [6.07, 6.45) is 5.50. The second-order valence-electron chi connectivity index (χ2n) is 4.20. The van der Waals surface area contributed by atoms with Crippen LogP contribution < -0.4 is 5.32 Å². The van der Waals surface area contributed by atoms with Gasteiger partial charge in [0.25, 0.3) is 0 Å². The first kappa shape index (κ1) is 12.0. The molecule has 0 saturated heterocycles. The third-order valence-corrected chi connectivity index (χ3v) is 2.15. The van der Waals surface area contributed by atoms with Crippen molar-refractivity contribution >= 4 is 6.08 Å². The van der Waals surface area contributed by atoms with E-state index < -0.39 is 0 Å². The SMILES string of the molecule is CC(C)CNCCC=Cc1ccccc1. The van der Waals surface area contributed by atoms with Crippen molar-refractivity contribution in [1.82, 2.24) is 5.32 Å². The monoisotopic (exact) mass is 203 g/mol. The zero-order valence-corrected chi connectivity index (χ0v) is 9.74. The third kappa shape index (κ3) is 6.08. The summed E-state index contributed by atoms with van der Waals surface area (Å²) in [6.45, 7) is 6.64. The van der Waals surface area contributed by atoms with Gasteiger partial charge in [0.05, 0.1) is 0 Å². The van der Waals surface area contributed by atoms with Gasteiger partial charge in [-0.15, -0.1) is 0 Å². The van der Waals surface area contributed by atoms with Crippen molar-refractivity contribution in [1.29, 1.82) is 0 Å². The smallest absolute Gasteiger partial charge is 0.00140 e. The van der Waals surface area contributed by atoms with Crippen molar-refractivity contribution in [3.05, 3.63) is 42.0 Å². The number of hydrogen-bond donors (Lipinski definition) is 1. The van der Waals surface area contributed by atoms with E-state index in [9.17, 15) is 0 Å². The molecule has 0 heterocycles. The van der Waals surface area contributed by atoms with E-state index in [1.54, 1.807) is 0 Å². The van der Waals surface area contributed by atoms with Crippen molar-refractivity contribution in [3.63, 3.8) is 0 Å². The maximum atomic E-state index is 3.42. The molecule has 1 aromatic rings. The van der Waals surface area contributed by atoms with E-state index in [0.717, 1.165) is 25.4 Å². The molecule has 0 saturated carbocycles. The molecule has 0 aliphatic rings. The first-order valence-corrected chi connectivity index (χ1v) is 5.71. The molecule has 0 amide bonds. The van der Waals surface area contributed by atoms with Crippen LogP contribution in [0.5, 0.6) is 0 Å². The Bertz CT molecular complexity index is 275. The highest BCUT2D eigenvalue weighted by atomic mass is 14.8. The Balaban J connectivity index is 2.12. The Hall–Kier alpha value is -1.08. The molecule has 1 rings (SSSR count). The highest BCUT2D eigenvalue weighted by molar-refractivity contribution is 5.48. The molecule has 0 aromatic heterocycles. The van der Waals surface area contributed by atoms with E-state index in [1.807, 2.05) is 6.07 Å². The summed E-state index contributed by atoms with van der Waals surface area (Å²) in [5, 5.41) is 3.42. The normalized spacial score (nSPS) is 11.4. The summed E-state index contributed by atoms with van der Waals surface area (Å²) >= 11 is 0. The van der Waals surface area contributed by atoms with Crippen LogP contribution in [0.1, 0.15) is 25.8 Å². The molecule has 0 fully saturated rings. The minimum Gasteiger partial charge on any atom is -0.316 e. The van der Waals surface area contributed by atoms with E-state index in [1.165, 1.54) is 5.56 Å². The van der Waals surface area contributed by atoms with Crippen molar-refractivity contribution < 1.29 is 0 Å². The molecule has 0 atom stereocenters. The average Bonchev–Trinajstić information content (AvgIpc) is 2.24. The van der Waals surface area contributed by atoms with Gasteiger partial charge in [-0.05, 0) is 31.0 Å². The minimum atomic E-state index is 0.739. The molecule has 1 aromatic carbocycles. The Morgan fingerprint density at radius 2 is 1.93 bits per heavy atom. The van der Waals surface area contributed by atoms with Gasteiger partial charge < -0.3 is 5.32 Å². The molecular formula is C14H21N. The molecule has 1 N–H and O–H groups in total. The Labute approximate surface area is 93.2 Å². The molecule has 1 nitrogen and oxygen atoms in total. The van der Waals surface area contributed by atoms with Crippen LogP contribution in [0.15, 0.2) is 36.4 Å². The van der Waals surface area contributed by atoms with Crippen LogP contribution in [0.4, 0.5) is 0 Å². The molecule has 15 heavy (non-hydrogen) atoms. The Morgan fingerprint density at radius 1 is 1.20 bits per heavy atom. The topological polar surface area (TPSA) is 12.0 Å². The van der Waals surface area contributed by atoms with Gasteiger partial charge >= 0.3 is 0 Å². The van der Waals surface area contributed by atoms with Crippen LogP contribution >= 0.6 is 0 Å². The zero-order valence-electron chi connectivity index (χ0n) is 9.74. The van der Waals surface area contributed by atoms with E-state index in [-0.39, 0.29) is 0 Å². The highest BCUT2D eigenvalue weighted by Gasteiger charge is 1.90. The number of benzene rings is 1. The fraction of sp³-hybridized carbons (Fsp3) is 0.429. The Kier molecular flexibility index (Phi) is 5.79. The summed E-state index contributed by atoms with van der Waals surface area (Å²) < 4.78 is 0. The second kappa shape index (κ2) is 7.24. The quantitative estimate of drug-likeness (QED) is 0.699. The first-order valence-electron chi connectivity index (χ1n) is 5.71. The molecule has 0 radical (unpaired) electrons. The van der Waals surface area contributed by atoms with Gasteiger partial charge in [0.2, 0.25) is 0 Å². The lowest BCUT2D eigenvalue weighted by atomic mass is 10.2.